The SMILES string of the molecule is CCCCNC(=O)c1ccc(C)c(S(=O)(=O)N(CC)CC)c1. The highest BCUT2D eigenvalue weighted by Crippen LogP contribution is 2.21. The number of hydrogen-bond acceptors (Lipinski definition) is 3. The summed E-state index contributed by atoms with van der Waals surface area (Å²) in [6, 6.07) is 4.83. The summed E-state index contributed by atoms with van der Waals surface area (Å²) in [4.78, 5) is 12.3. The van der Waals surface area contributed by atoms with E-state index in [1.54, 1.807) is 32.9 Å². The van der Waals surface area contributed by atoms with E-state index in [0.717, 1.165) is 12.8 Å². The first-order valence-corrected chi connectivity index (χ1v) is 9.21. The molecule has 124 valence electrons. The quantitative estimate of drug-likeness (QED) is 0.747. The lowest BCUT2D eigenvalue weighted by Gasteiger charge is -2.20. The third kappa shape index (κ3) is 4.30. The molecule has 1 N–H and O–H groups in total. The molecular weight excluding hydrogens is 300 g/mol. The molecule has 6 heteroatoms. The van der Waals surface area contributed by atoms with Gasteiger partial charge >= 0.3 is 0 Å². The number of carbonyl (C=O) groups is 1. The van der Waals surface area contributed by atoms with E-state index in [0.29, 0.717) is 30.8 Å². The van der Waals surface area contributed by atoms with Crippen LogP contribution in [0.1, 0.15) is 49.5 Å². The van der Waals surface area contributed by atoms with Gasteiger partial charge in [0.1, 0.15) is 0 Å². The van der Waals surface area contributed by atoms with Crippen molar-refractivity contribution < 1.29 is 13.2 Å². The molecular formula is C16H26N2O3S. The van der Waals surface area contributed by atoms with E-state index in [1.165, 1.54) is 10.4 Å². The Balaban J connectivity index is 3.12. The fourth-order valence-electron chi connectivity index (χ4n) is 2.20. The van der Waals surface area contributed by atoms with Gasteiger partial charge in [0.25, 0.3) is 5.91 Å². The molecule has 0 radical (unpaired) electrons. The molecule has 0 aliphatic heterocycles. The highest BCUT2D eigenvalue weighted by atomic mass is 32.2. The normalized spacial score (nSPS) is 11.7. The Hall–Kier alpha value is -1.40. The summed E-state index contributed by atoms with van der Waals surface area (Å²) in [6.07, 6.45) is 1.90. The van der Waals surface area contributed by atoms with Gasteiger partial charge in [-0.25, -0.2) is 8.42 Å². The maximum Gasteiger partial charge on any atom is 0.251 e. The maximum atomic E-state index is 12.6. The van der Waals surface area contributed by atoms with E-state index in [2.05, 4.69) is 5.32 Å². The molecule has 1 aromatic carbocycles. The topological polar surface area (TPSA) is 66.5 Å². The summed E-state index contributed by atoms with van der Waals surface area (Å²) in [7, 11) is -3.56. The molecule has 0 bridgehead atoms. The molecule has 1 rings (SSSR count). The van der Waals surface area contributed by atoms with Gasteiger partial charge in [0, 0.05) is 25.2 Å². The number of unbranched alkanes of at least 4 members (excludes halogenated alkanes) is 1. The van der Waals surface area contributed by atoms with E-state index in [9.17, 15) is 13.2 Å². The van der Waals surface area contributed by atoms with Gasteiger partial charge < -0.3 is 5.32 Å². The molecule has 0 saturated carbocycles. The zero-order valence-corrected chi connectivity index (χ0v) is 14.7. The van der Waals surface area contributed by atoms with Gasteiger partial charge in [-0.1, -0.05) is 33.3 Å². The third-order valence-corrected chi connectivity index (χ3v) is 5.78. The first-order valence-electron chi connectivity index (χ1n) is 7.77. The van der Waals surface area contributed by atoms with Gasteiger partial charge in [0.2, 0.25) is 10.0 Å². The number of sulfonamides is 1. The van der Waals surface area contributed by atoms with Gasteiger partial charge in [-0.05, 0) is 31.0 Å². The van der Waals surface area contributed by atoms with Crippen LogP contribution >= 0.6 is 0 Å². The predicted molar refractivity (Wildman–Crippen MR) is 88.5 cm³/mol. The van der Waals surface area contributed by atoms with Crippen molar-refractivity contribution in [3.63, 3.8) is 0 Å². The largest absolute Gasteiger partial charge is 0.352 e. The molecule has 5 nitrogen and oxygen atoms in total. The fourth-order valence-corrected chi connectivity index (χ4v) is 3.91. The minimum atomic E-state index is -3.56. The monoisotopic (exact) mass is 326 g/mol. The van der Waals surface area contributed by atoms with Crippen LogP contribution in [0.15, 0.2) is 23.1 Å². The molecule has 0 saturated heterocycles. The third-order valence-electron chi connectivity index (χ3n) is 3.59. The Morgan fingerprint density at radius 1 is 1.18 bits per heavy atom. The number of carbonyl (C=O) groups excluding carboxylic acids is 1. The van der Waals surface area contributed by atoms with Gasteiger partial charge in [-0.15, -0.1) is 0 Å². The number of aryl methyl sites for hydroxylation is 1. The van der Waals surface area contributed by atoms with E-state index in [-0.39, 0.29) is 10.8 Å². The first kappa shape index (κ1) is 18.6. The number of rotatable bonds is 8. The summed E-state index contributed by atoms with van der Waals surface area (Å²) >= 11 is 0. The molecule has 0 spiro atoms. The highest BCUT2D eigenvalue weighted by molar-refractivity contribution is 7.89. The van der Waals surface area contributed by atoms with Crippen LogP contribution in [0.25, 0.3) is 0 Å². The summed E-state index contributed by atoms with van der Waals surface area (Å²) < 4.78 is 26.7. The Bertz CT molecular complexity index is 608. The molecule has 0 aromatic heterocycles. The second kappa shape index (κ2) is 8.29. The van der Waals surface area contributed by atoms with Crippen LogP contribution in [0.4, 0.5) is 0 Å². The summed E-state index contributed by atoms with van der Waals surface area (Å²) in [5.74, 6) is -0.232. The lowest BCUT2D eigenvalue weighted by molar-refractivity contribution is 0.0953. The van der Waals surface area contributed by atoms with Crippen LogP contribution in [0.5, 0.6) is 0 Å². The summed E-state index contributed by atoms with van der Waals surface area (Å²) in [5.41, 5.74) is 1.03. The van der Waals surface area contributed by atoms with Crippen molar-refractivity contribution in [2.45, 2.75) is 45.4 Å². The lowest BCUT2D eigenvalue weighted by Crippen LogP contribution is -2.31. The number of amides is 1. The molecule has 0 heterocycles. The van der Waals surface area contributed by atoms with Crippen molar-refractivity contribution in [3.05, 3.63) is 29.3 Å². The zero-order valence-electron chi connectivity index (χ0n) is 13.8. The van der Waals surface area contributed by atoms with Crippen LogP contribution < -0.4 is 5.32 Å². The molecule has 0 aliphatic rings. The number of hydrogen-bond donors (Lipinski definition) is 1. The van der Waals surface area contributed by atoms with Gasteiger partial charge in [-0.2, -0.15) is 4.31 Å². The number of nitrogens with one attached hydrogen (secondary N) is 1. The van der Waals surface area contributed by atoms with E-state index >= 15 is 0 Å². The van der Waals surface area contributed by atoms with Gasteiger partial charge in [-0.3, -0.25) is 4.79 Å². The molecule has 22 heavy (non-hydrogen) atoms. The van der Waals surface area contributed by atoms with Crippen molar-refractivity contribution in [1.82, 2.24) is 9.62 Å². The van der Waals surface area contributed by atoms with E-state index < -0.39 is 10.0 Å². The highest BCUT2D eigenvalue weighted by Gasteiger charge is 2.24. The van der Waals surface area contributed by atoms with Crippen LogP contribution in [0.3, 0.4) is 0 Å². The molecule has 1 aromatic rings. The summed E-state index contributed by atoms with van der Waals surface area (Å²) in [5, 5.41) is 2.81. The van der Waals surface area contributed by atoms with Crippen LogP contribution in [0.2, 0.25) is 0 Å². The Labute approximate surface area is 133 Å². The van der Waals surface area contributed by atoms with E-state index in [4.69, 9.17) is 0 Å². The molecule has 0 fully saturated rings. The second-order valence-corrected chi connectivity index (χ2v) is 7.09. The fraction of sp³-hybridized carbons (Fsp3) is 0.562. The van der Waals surface area contributed by atoms with Crippen molar-refractivity contribution in [3.8, 4) is 0 Å². The Morgan fingerprint density at radius 3 is 2.36 bits per heavy atom. The Kier molecular flexibility index (Phi) is 7.03. The minimum Gasteiger partial charge on any atom is -0.352 e. The number of nitrogens with zero attached hydrogens (tertiary/aromatic N) is 1. The predicted octanol–water partition coefficient (Wildman–Crippen LogP) is 2.56. The van der Waals surface area contributed by atoms with Crippen molar-refractivity contribution in [1.29, 1.82) is 0 Å². The van der Waals surface area contributed by atoms with Gasteiger partial charge in [0.15, 0.2) is 0 Å². The standard InChI is InChI=1S/C16H26N2O3S/c1-5-8-11-17-16(19)14-10-9-13(4)15(12-14)22(20,21)18(6-2)7-3/h9-10,12H,5-8,11H2,1-4H3,(H,17,19). The Morgan fingerprint density at radius 2 is 1.82 bits per heavy atom. The lowest BCUT2D eigenvalue weighted by atomic mass is 10.1. The minimum absolute atomic E-state index is 0.208. The van der Waals surface area contributed by atoms with E-state index in [1.807, 2.05) is 6.92 Å². The maximum absolute atomic E-state index is 12.6. The molecule has 0 aliphatic carbocycles. The number of benzene rings is 1. The second-order valence-electron chi connectivity index (χ2n) is 5.18. The molecule has 1 amide bonds. The van der Waals surface area contributed by atoms with Crippen LogP contribution in [-0.4, -0.2) is 38.3 Å². The summed E-state index contributed by atoms with van der Waals surface area (Å²) in [6.45, 7) is 8.81. The van der Waals surface area contributed by atoms with Gasteiger partial charge in [0.05, 0.1) is 4.90 Å². The van der Waals surface area contributed by atoms with Crippen LogP contribution in [-0.2, 0) is 10.0 Å². The first-order chi connectivity index (χ1) is 10.4. The molecule has 0 atom stereocenters. The van der Waals surface area contributed by atoms with Crippen molar-refractivity contribution in [2.24, 2.45) is 0 Å². The average Bonchev–Trinajstić information content (AvgIpc) is 2.48. The zero-order chi connectivity index (χ0) is 16.8. The van der Waals surface area contributed by atoms with Crippen molar-refractivity contribution >= 4 is 15.9 Å². The van der Waals surface area contributed by atoms with Crippen LogP contribution in [0, 0.1) is 6.92 Å². The smallest absolute Gasteiger partial charge is 0.251 e. The average molecular weight is 326 g/mol. The molecule has 0 unspecified atom stereocenters. The van der Waals surface area contributed by atoms with Crippen molar-refractivity contribution in [2.75, 3.05) is 19.6 Å².